The third-order valence-corrected chi connectivity index (χ3v) is 5.17. The quantitative estimate of drug-likeness (QED) is 0.738. The molecule has 0 bridgehead atoms. The summed E-state index contributed by atoms with van der Waals surface area (Å²) < 4.78 is 7.27. The first kappa shape index (κ1) is 16.1. The molecule has 1 atom stereocenters. The molecule has 25 heavy (non-hydrogen) atoms. The first-order chi connectivity index (χ1) is 12.3. The van der Waals surface area contributed by atoms with E-state index < -0.39 is 0 Å². The van der Waals surface area contributed by atoms with Gasteiger partial charge in [0.1, 0.15) is 0 Å². The van der Waals surface area contributed by atoms with Crippen LogP contribution in [0.5, 0.6) is 0 Å². The molecule has 0 radical (unpaired) electrons. The first-order valence-corrected chi connectivity index (χ1v) is 9.30. The van der Waals surface area contributed by atoms with Crippen LogP contribution in [-0.2, 0) is 13.1 Å². The average Bonchev–Trinajstić information content (AvgIpc) is 3.36. The number of carbonyl (C=O) groups excluding carboxylic acids is 1. The van der Waals surface area contributed by atoms with Crippen LogP contribution in [0.1, 0.15) is 34.1 Å². The summed E-state index contributed by atoms with van der Waals surface area (Å²) in [4.78, 5) is 14.5. The van der Waals surface area contributed by atoms with Gasteiger partial charge in [-0.1, -0.05) is 0 Å². The van der Waals surface area contributed by atoms with E-state index in [1.807, 2.05) is 29.1 Å². The molecule has 0 spiro atoms. The fourth-order valence-electron chi connectivity index (χ4n) is 3.29. The zero-order chi connectivity index (χ0) is 17.1. The number of nitrogens with one attached hydrogen (secondary N) is 1. The summed E-state index contributed by atoms with van der Waals surface area (Å²) in [6.07, 6.45) is 6.21. The highest BCUT2D eigenvalue weighted by atomic mass is 32.1. The summed E-state index contributed by atoms with van der Waals surface area (Å²) in [6.45, 7) is 3.29. The van der Waals surface area contributed by atoms with Gasteiger partial charge in [-0.15, -0.1) is 0 Å². The third-order valence-electron chi connectivity index (χ3n) is 4.49. The van der Waals surface area contributed by atoms with Crippen molar-refractivity contribution in [1.82, 2.24) is 20.0 Å². The Morgan fingerprint density at radius 3 is 3.16 bits per heavy atom. The minimum Gasteiger partial charge on any atom is -0.472 e. The van der Waals surface area contributed by atoms with Crippen LogP contribution in [0.4, 0.5) is 0 Å². The molecule has 4 heterocycles. The molecule has 0 saturated carbocycles. The molecule has 1 amide bonds. The van der Waals surface area contributed by atoms with Crippen molar-refractivity contribution in [3.05, 3.63) is 64.5 Å². The van der Waals surface area contributed by atoms with Crippen LogP contribution < -0.4 is 5.32 Å². The van der Waals surface area contributed by atoms with Crippen molar-refractivity contribution in [3.8, 4) is 0 Å². The second-order valence-electron chi connectivity index (χ2n) is 6.28. The molecule has 0 fully saturated rings. The van der Waals surface area contributed by atoms with E-state index in [-0.39, 0.29) is 11.9 Å². The summed E-state index contributed by atoms with van der Waals surface area (Å²) >= 11 is 1.53. The largest absolute Gasteiger partial charge is 0.472 e. The van der Waals surface area contributed by atoms with Gasteiger partial charge in [0.15, 0.2) is 0 Å². The fourth-order valence-corrected chi connectivity index (χ4v) is 3.92. The van der Waals surface area contributed by atoms with Crippen LogP contribution in [0.3, 0.4) is 0 Å². The van der Waals surface area contributed by atoms with Crippen molar-refractivity contribution >= 4 is 17.2 Å². The molecule has 4 rings (SSSR count). The molecule has 3 aromatic heterocycles. The number of amides is 1. The number of furan rings is 1. The van der Waals surface area contributed by atoms with Gasteiger partial charge < -0.3 is 9.73 Å². The molecular formula is C18H20N4O2S. The third kappa shape index (κ3) is 3.67. The summed E-state index contributed by atoms with van der Waals surface area (Å²) in [5, 5.41) is 11.3. The van der Waals surface area contributed by atoms with E-state index in [4.69, 9.17) is 4.42 Å². The summed E-state index contributed by atoms with van der Waals surface area (Å²) in [6, 6.07) is 6.17. The molecular weight excluding hydrogens is 336 g/mol. The number of aromatic nitrogens is 2. The Morgan fingerprint density at radius 2 is 2.36 bits per heavy atom. The van der Waals surface area contributed by atoms with Gasteiger partial charge >= 0.3 is 0 Å². The lowest BCUT2D eigenvalue weighted by atomic mass is 10.1. The Balaban J connectivity index is 1.37. The van der Waals surface area contributed by atoms with Crippen molar-refractivity contribution < 1.29 is 9.21 Å². The van der Waals surface area contributed by atoms with Gasteiger partial charge in [0.25, 0.3) is 5.91 Å². The highest BCUT2D eigenvalue weighted by molar-refractivity contribution is 7.08. The number of rotatable bonds is 6. The zero-order valence-corrected chi connectivity index (χ0v) is 14.6. The predicted octanol–water partition coefficient (Wildman–Crippen LogP) is 2.91. The lowest BCUT2D eigenvalue weighted by molar-refractivity contribution is 0.0947. The minimum absolute atomic E-state index is 0.00648. The molecule has 6 nitrogen and oxygen atoms in total. The smallest absolute Gasteiger partial charge is 0.252 e. The van der Waals surface area contributed by atoms with E-state index >= 15 is 0 Å². The van der Waals surface area contributed by atoms with Crippen LogP contribution in [-0.4, -0.2) is 33.7 Å². The van der Waals surface area contributed by atoms with E-state index in [1.165, 1.54) is 22.6 Å². The van der Waals surface area contributed by atoms with Gasteiger partial charge in [-0.2, -0.15) is 16.4 Å². The molecule has 3 aromatic rings. The molecule has 0 saturated heterocycles. The number of carbonyl (C=O) groups is 1. The molecule has 0 unspecified atom stereocenters. The second kappa shape index (κ2) is 7.25. The highest BCUT2D eigenvalue weighted by Crippen LogP contribution is 2.24. The average molecular weight is 356 g/mol. The van der Waals surface area contributed by atoms with Crippen LogP contribution in [0.15, 0.2) is 52.1 Å². The Bertz CT molecular complexity index is 810. The SMILES string of the molecule is O=C(NCC[C@H]1CN(Cc2ccoc2)Cc2ccnn21)c1ccsc1. The molecule has 7 heteroatoms. The Morgan fingerprint density at radius 1 is 1.40 bits per heavy atom. The maximum Gasteiger partial charge on any atom is 0.252 e. The number of hydrogen-bond acceptors (Lipinski definition) is 5. The predicted molar refractivity (Wildman–Crippen MR) is 95.4 cm³/mol. The van der Waals surface area contributed by atoms with E-state index in [0.717, 1.165) is 31.6 Å². The molecule has 130 valence electrons. The lowest BCUT2D eigenvalue weighted by Gasteiger charge is -2.33. The fraction of sp³-hybridized carbons (Fsp3) is 0.333. The van der Waals surface area contributed by atoms with Gasteiger partial charge in [0.2, 0.25) is 0 Å². The lowest BCUT2D eigenvalue weighted by Crippen LogP contribution is -2.38. The Kier molecular flexibility index (Phi) is 4.67. The van der Waals surface area contributed by atoms with Crippen molar-refractivity contribution in [2.24, 2.45) is 0 Å². The number of thiophene rings is 1. The summed E-state index contributed by atoms with van der Waals surface area (Å²) in [5.74, 6) is -0.00648. The van der Waals surface area contributed by atoms with Crippen molar-refractivity contribution in [3.63, 3.8) is 0 Å². The van der Waals surface area contributed by atoms with Crippen molar-refractivity contribution in [2.45, 2.75) is 25.6 Å². The molecule has 0 aliphatic carbocycles. The van der Waals surface area contributed by atoms with E-state index in [9.17, 15) is 4.79 Å². The van der Waals surface area contributed by atoms with E-state index in [0.29, 0.717) is 6.54 Å². The maximum absolute atomic E-state index is 12.1. The number of hydrogen-bond donors (Lipinski definition) is 1. The number of fused-ring (bicyclic) bond motifs is 1. The molecule has 0 aromatic carbocycles. The standard InChI is InChI=1S/C18H20N4O2S/c23-18(15-4-8-25-13-15)19-5-1-16-10-21(9-14-3-7-24-12-14)11-17-2-6-20-22(16)17/h2-4,6-8,12-13,16H,1,5,9-11H2,(H,19,23)/t16-/m0/s1. The second-order valence-corrected chi connectivity index (χ2v) is 7.06. The number of nitrogens with zero attached hydrogens (tertiary/aromatic N) is 3. The van der Waals surface area contributed by atoms with E-state index in [1.54, 1.807) is 12.5 Å². The molecule has 1 aliphatic rings. The maximum atomic E-state index is 12.1. The van der Waals surface area contributed by atoms with Gasteiger partial charge in [-0.05, 0) is 30.0 Å². The van der Waals surface area contributed by atoms with Gasteiger partial charge in [0.05, 0.1) is 24.3 Å². The zero-order valence-electron chi connectivity index (χ0n) is 13.8. The highest BCUT2D eigenvalue weighted by Gasteiger charge is 2.25. The monoisotopic (exact) mass is 356 g/mol. The Labute approximate surface area is 150 Å². The summed E-state index contributed by atoms with van der Waals surface area (Å²) in [5.41, 5.74) is 3.12. The van der Waals surface area contributed by atoms with Gasteiger partial charge in [-0.3, -0.25) is 14.4 Å². The van der Waals surface area contributed by atoms with Crippen LogP contribution in [0, 0.1) is 0 Å². The normalized spacial score (nSPS) is 17.4. The van der Waals surface area contributed by atoms with Gasteiger partial charge in [0, 0.05) is 48.9 Å². The molecule has 1 aliphatic heterocycles. The van der Waals surface area contributed by atoms with Gasteiger partial charge in [-0.25, -0.2) is 0 Å². The Hall–Kier alpha value is -2.38. The van der Waals surface area contributed by atoms with Crippen molar-refractivity contribution in [2.75, 3.05) is 13.1 Å². The van der Waals surface area contributed by atoms with Crippen LogP contribution >= 0.6 is 11.3 Å². The molecule has 1 N–H and O–H groups in total. The topological polar surface area (TPSA) is 63.3 Å². The summed E-state index contributed by atoms with van der Waals surface area (Å²) in [7, 11) is 0. The van der Waals surface area contributed by atoms with Crippen LogP contribution in [0.2, 0.25) is 0 Å². The first-order valence-electron chi connectivity index (χ1n) is 8.36. The van der Waals surface area contributed by atoms with Crippen molar-refractivity contribution in [1.29, 1.82) is 0 Å². The van der Waals surface area contributed by atoms with E-state index in [2.05, 4.69) is 26.1 Å². The minimum atomic E-state index is -0.00648. The van der Waals surface area contributed by atoms with Crippen LogP contribution in [0.25, 0.3) is 0 Å².